The lowest BCUT2D eigenvalue weighted by Gasteiger charge is -2.13. The van der Waals surface area contributed by atoms with Gasteiger partial charge in [-0.05, 0) is 25.0 Å². The summed E-state index contributed by atoms with van der Waals surface area (Å²) in [6.07, 6.45) is 6.05. The molecule has 0 radical (unpaired) electrons. The van der Waals surface area contributed by atoms with Crippen LogP contribution in [0.15, 0.2) is 27.8 Å². The number of hydrogen-bond acceptors (Lipinski definition) is 3. The van der Waals surface area contributed by atoms with Crippen LogP contribution in [0.2, 0.25) is 0 Å². The van der Waals surface area contributed by atoms with Crippen LogP contribution in [0.3, 0.4) is 0 Å². The van der Waals surface area contributed by atoms with Crippen molar-refractivity contribution in [2.75, 3.05) is 32.8 Å². The highest BCUT2D eigenvalue weighted by atomic mass is 16.5. The molecule has 1 unspecified atom stereocenters. The van der Waals surface area contributed by atoms with Crippen LogP contribution in [-0.4, -0.2) is 38.8 Å². The molecule has 1 aromatic heterocycles. The first kappa shape index (κ1) is 15.9. The molecular formula is C16H27N3O2. The maximum atomic E-state index is 5.40. The van der Waals surface area contributed by atoms with Crippen LogP contribution in [0, 0.1) is 5.92 Å². The monoisotopic (exact) mass is 293 g/mol. The molecule has 1 saturated heterocycles. The summed E-state index contributed by atoms with van der Waals surface area (Å²) in [6, 6.07) is 3.92. The van der Waals surface area contributed by atoms with Crippen molar-refractivity contribution >= 4 is 5.96 Å². The number of rotatable bonds is 8. The van der Waals surface area contributed by atoms with Gasteiger partial charge in [0.2, 0.25) is 0 Å². The summed E-state index contributed by atoms with van der Waals surface area (Å²) in [5.74, 6) is 2.47. The molecule has 2 N–H and O–H groups in total. The predicted octanol–water partition coefficient (Wildman–Crippen LogP) is 2.19. The van der Waals surface area contributed by atoms with E-state index in [-0.39, 0.29) is 0 Å². The number of ether oxygens (including phenoxy) is 1. The number of unbranched alkanes of at least 4 members (excludes halogenated alkanes) is 1. The largest absolute Gasteiger partial charge is 0.469 e. The fourth-order valence-electron chi connectivity index (χ4n) is 2.26. The maximum absolute atomic E-state index is 5.40. The summed E-state index contributed by atoms with van der Waals surface area (Å²) in [4.78, 5) is 4.68. The molecule has 0 spiro atoms. The number of nitrogens with zero attached hydrogens (tertiary/aromatic N) is 1. The number of hydrogen-bond donors (Lipinski definition) is 2. The van der Waals surface area contributed by atoms with E-state index in [9.17, 15) is 0 Å². The normalized spacial score (nSPS) is 18.9. The summed E-state index contributed by atoms with van der Waals surface area (Å²) < 4.78 is 10.7. The minimum Gasteiger partial charge on any atom is -0.469 e. The Morgan fingerprint density at radius 1 is 1.38 bits per heavy atom. The summed E-state index contributed by atoms with van der Waals surface area (Å²) in [7, 11) is 0. The Morgan fingerprint density at radius 2 is 2.29 bits per heavy atom. The minimum atomic E-state index is 0.569. The molecule has 5 heteroatoms. The predicted molar refractivity (Wildman–Crippen MR) is 84.6 cm³/mol. The molecule has 1 aromatic rings. The van der Waals surface area contributed by atoms with Gasteiger partial charge >= 0.3 is 0 Å². The molecule has 0 amide bonds. The first-order valence-corrected chi connectivity index (χ1v) is 8.00. The molecule has 0 bridgehead atoms. The molecule has 1 atom stereocenters. The van der Waals surface area contributed by atoms with E-state index in [4.69, 9.17) is 9.15 Å². The van der Waals surface area contributed by atoms with E-state index in [0.717, 1.165) is 63.8 Å². The van der Waals surface area contributed by atoms with Gasteiger partial charge in [0.25, 0.3) is 0 Å². The first-order valence-electron chi connectivity index (χ1n) is 8.00. The Labute approximate surface area is 127 Å². The number of guanidine groups is 1. The fourth-order valence-corrected chi connectivity index (χ4v) is 2.26. The van der Waals surface area contributed by atoms with Crippen LogP contribution in [0.25, 0.3) is 0 Å². The average molecular weight is 293 g/mol. The molecule has 0 saturated carbocycles. The molecule has 21 heavy (non-hydrogen) atoms. The molecule has 118 valence electrons. The molecule has 0 aromatic carbocycles. The SMILES string of the molecule is CCCCNC(=NCC1CCOC1)NCCc1ccco1. The quantitative estimate of drug-likeness (QED) is 0.438. The minimum absolute atomic E-state index is 0.569. The Kier molecular flexibility index (Phi) is 7.15. The molecule has 0 aliphatic carbocycles. The Morgan fingerprint density at radius 3 is 3.00 bits per heavy atom. The molecule has 2 rings (SSSR count). The van der Waals surface area contributed by atoms with Crippen LogP contribution in [0.5, 0.6) is 0 Å². The Hall–Kier alpha value is -1.49. The third-order valence-electron chi connectivity index (χ3n) is 3.60. The Bertz CT molecular complexity index is 398. The highest BCUT2D eigenvalue weighted by Gasteiger charge is 2.15. The fraction of sp³-hybridized carbons (Fsp3) is 0.688. The first-order chi connectivity index (χ1) is 10.4. The zero-order chi connectivity index (χ0) is 14.8. The maximum Gasteiger partial charge on any atom is 0.191 e. The molecule has 1 fully saturated rings. The van der Waals surface area contributed by atoms with Gasteiger partial charge in [-0.25, -0.2) is 0 Å². The van der Waals surface area contributed by atoms with Gasteiger partial charge in [0.05, 0.1) is 12.9 Å². The van der Waals surface area contributed by atoms with Crippen LogP contribution in [0.1, 0.15) is 31.9 Å². The second-order valence-corrected chi connectivity index (χ2v) is 5.46. The van der Waals surface area contributed by atoms with Crippen molar-refractivity contribution in [3.05, 3.63) is 24.2 Å². The topological polar surface area (TPSA) is 58.8 Å². The van der Waals surface area contributed by atoms with E-state index in [2.05, 4.69) is 22.5 Å². The Balaban J connectivity index is 1.74. The number of nitrogens with one attached hydrogen (secondary N) is 2. The van der Waals surface area contributed by atoms with Gasteiger partial charge in [-0.15, -0.1) is 0 Å². The summed E-state index contributed by atoms with van der Waals surface area (Å²) in [5, 5.41) is 6.77. The standard InChI is InChI=1S/C16H27N3O2/c1-2-3-8-17-16(19-12-14-7-11-20-13-14)18-9-6-15-5-4-10-21-15/h4-5,10,14H,2-3,6-9,11-13H2,1H3,(H2,17,18,19). The van der Waals surface area contributed by atoms with E-state index in [1.807, 2.05) is 12.1 Å². The van der Waals surface area contributed by atoms with Crippen molar-refractivity contribution < 1.29 is 9.15 Å². The lowest BCUT2D eigenvalue weighted by Crippen LogP contribution is -2.39. The van der Waals surface area contributed by atoms with E-state index in [1.165, 1.54) is 6.42 Å². The zero-order valence-electron chi connectivity index (χ0n) is 12.9. The highest BCUT2D eigenvalue weighted by Crippen LogP contribution is 2.12. The summed E-state index contributed by atoms with van der Waals surface area (Å²) in [6.45, 7) is 6.54. The van der Waals surface area contributed by atoms with Gasteiger partial charge in [0.15, 0.2) is 5.96 Å². The second-order valence-electron chi connectivity index (χ2n) is 5.46. The summed E-state index contributed by atoms with van der Waals surface area (Å²) >= 11 is 0. The van der Waals surface area contributed by atoms with Crippen LogP contribution in [0.4, 0.5) is 0 Å². The number of aliphatic imine (C=N–C) groups is 1. The van der Waals surface area contributed by atoms with Crippen molar-refractivity contribution in [3.8, 4) is 0 Å². The van der Waals surface area contributed by atoms with Crippen LogP contribution < -0.4 is 10.6 Å². The molecular weight excluding hydrogens is 266 g/mol. The zero-order valence-corrected chi connectivity index (χ0v) is 12.9. The lowest BCUT2D eigenvalue weighted by atomic mass is 10.1. The average Bonchev–Trinajstić information content (AvgIpc) is 3.18. The van der Waals surface area contributed by atoms with Crippen LogP contribution in [-0.2, 0) is 11.2 Å². The van der Waals surface area contributed by atoms with E-state index >= 15 is 0 Å². The summed E-state index contributed by atoms with van der Waals surface area (Å²) in [5.41, 5.74) is 0. The third-order valence-corrected chi connectivity index (χ3v) is 3.60. The van der Waals surface area contributed by atoms with Crippen LogP contribution >= 0.6 is 0 Å². The van der Waals surface area contributed by atoms with Crippen molar-refractivity contribution in [2.24, 2.45) is 10.9 Å². The van der Waals surface area contributed by atoms with Crippen molar-refractivity contribution in [1.29, 1.82) is 0 Å². The van der Waals surface area contributed by atoms with Crippen molar-refractivity contribution in [2.45, 2.75) is 32.6 Å². The lowest BCUT2D eigenvalue weighted by molar-refractivity contribution is 0.187. The third kappa shape index (κ3) is 6.21. The smallest absolute Gasteiger partial charge is 0.191 e. The number of furan rings is 1. The molecule has 1 aliphatic rings. The van der Waals surface area contributed by atoms with Crippen molar-refractivity contribution in [1.82, 2.24) is 10.6 Å². The second kappa shape index (κ2) is 9.45. The van der Waals surface area contributed by atoms with Gasteiger partial charge in [-0.2, -0.15) is 0 Å². The van der Waals surface area contributed by atoms with Gasteiger partial charge in [0, 0.05) is 38.6 Å². The van der Waals surface area contributed by atoms with E-state index in [0.29, 0.717) is 5.92 Å². The van der Waals surface area contributed by atoms with Gasteiger partial charge in [0.1, 0.15) is 5.76 Å². The highest BCUT2D eigenvalue weighted by molar-refractivity contribution is 5.79. The van der Waals surface area contributed by atoms with Gasteiger partial charge < -0.3 is 19.8 Å². The van der Waals surface area contributed by atoms with Crippen molar-refractivity contribution in [3.63, 3.8) is 0 Å². The van der Waals surface area contributed by atoms with E-state index < -0.39 is 0 Å². The molecule has 2 heterocycles. The van der Waals surface area contributed by atoms with E-state index in [1.54, 1.807) is 6.26 Å². The van der Waals surface area contributed by atoms with Gasteiger partial charge in [-0.3, -0.25) is 4.99 Å². The molecule has 5 nitrogen and oxygen atoms in total. The molecule has 1 aliphatic heterocycles. The van der Waals surface area contributed by atoms with Gasteiger partial charge in [-0.1, -0.05) is 13.3 Å².